The minimum absolute atomic E-state index is 0.268. The van der Waals surface area contributed by atoms with Gasteiger partial charge >= 0.3 is 5.69 Å². The van der Waals surface area contributed by atoms with Crippen LogP contribution in [0.25, 0.3) is 0 Å². The minimum Gasteiger partial charge on any atom is -0.493 e. The number of aryl methyl sites for hydroxylation is 1. The second-order valence-corrected chi connectivity index (χ2v) is 5.19. The molecule has 2 aromatic rings. The Kier molecular flexibility index (Phi) is 3.29. The van der Waals surface area contributed by atoms with Crippen molar-refractivity contribution in [3.63, 3.8) is 0 Å². The zero-order chi connectivity index (χ0) is 15.0. The molecule has 6 heteroatoms. The number of fused-ring (bicyclic) bond motifs is 1. The summed E-state index contributed by atoms with van der Waals surface area (Å²) in [6.07, 6.45) is 2.49. The second-order valence-electron chi connectivity index (χ2n) is 5.19. The normalized spacial score (nSPS) is 12.9. The Morgan fingerprint density at radius 1 is 1.29 bits per heavy atom. The summed E-state index contributed by atoms with van der Waals surface area (Å²) in [6.45, 7) is 1.10. The number of anilines is 1. The number of rotatable bonds is 3. The number of hydrogen-bond acceptors (Lipinski definition) is 4. The third kappa shape index (κ3) is 2.44. The maximum Gasteiger partial charge on any atom is 0.330 e. The van der Waals surface area contributed by atoms with Crippen LogP contribution >= 0.6 is 0 Å². The molecule has 0 radical (unpaired) electrons. The highest BCUT2D eigenvalue weighted by atomic mass is 16.5. The molecule has 2 heterocycles. The highest BCUT2D eigenvalue weighted by Crippen LogP contribution is 2.27. The molecule has 1 aliphatic heterocycles. The van der Waals surface area contributed by atoms with E-state index >= 15 is 0 Å². The molecule has 0 bridgehead atoms. The molecule has 0 amide bonds. The Morgan fingerprint density at radius 2 is 2.10 bits per heavy atom. The highest BCUT2D eigenvalue weighted by molar-refractivity contribution is 5.52. The summed E-state index contributed by atoms with van der Waals surface area (Å²) in [5.41, 5.74) is 2.08. The summed E-state index contributed by atoms with van der Waals surface area (Å²) < 4.78 is 7.99. The van der Waals surface area contributed by atoms with Gasteiger partial charge in [0, 0.05) is 38.9 Å². The molecule has 1 N–H and O–H groups in total. The Hall–Kier alpha value is -2.50. The van der Waals surface area contributed by atoms with Crippen molar-refractivity contribution in [3.05, 3.63) is 56.4 Å². The summed E-state index contributed by atoms with van der Waals surface area (Å²) >= 11 is 0. The smallest absolute Gasteiger partial charge is 0.330 e. The van der Waals surface area contributed by atoms with Crippen LogP contribution in [0.4, 0.5) is 5.69 Å². The summed E-state index contributed by atoms with van der Waals surface area (Å²) in [5, 5.41) is 3.22. The third-order valence-electron chi connectivity index (χ3n) is 3.69. The van der Waals surface area contributed by atoms with Crippen LogP contribution in [0.15, 0.2) is 34.0 Å². The van der Waals surface area contributed by atoms with Gasteiger partial charge in [-0.25, -0.2) is 4.79 Å². The van der Waals surface area contributed by atoms with Crippen LogP contribution in [0.1, 0.15) is 11.1 Å². The van der Waals surface area contributed by atoms with Gasteiger partial charge in [-0.15, -0.1) is 0 Å². The van der Waals surface area contributed by atoms with Gasteiger partial charge in [-0.2, -0.15) is 0 Å². The first-order valence-electron chi connectivity index (χ1n) is 6.81. The van der Waals surface area contributed by atoms with Gasteiger partial charge in [-0.05, 0) is 23.8 Å². The van der Waals surface area contributed by atoms with Crippen LogP contribution in [0, 0.1) is 0 Å². The van der Waals surface area contributed by atoms with Crippen LogP contribution in [0.2, 0.25) is 0 Å². The van der Waals surface area contributed by atoms with Crippen molar-refractivity contribution in [2.45, 2.75) is 13.0 Å². The first-order chi connectivity index (χ1) is 10.1. The van der Waals surface area contributed by atoms with Crippen molar-refractivity contribution >= 4 is 5.69 Å². The van der Waals surface area contributed by atoms with E-state index in [2.05, 4.69) is 5.32 Å². The molecule has 0 unspecified atom stereocenters. The number of nitrogens with zero attached hydrogens (tertiary/aromatic N) is 2. The van der Waals surface area contributed by atoms with Gasteiger partial charge in [0.15, 0.2) is 0 Å². The molecule has 0 spiro atoms. The lowest BCUT2D eigenvalue weighted by Gasteiger charge is -2.10. The number of aromatic nitrogens is 2. The van der Waals surface area contributed by atoms with E-state index < -0.39 is 0 Å². The van der Waals surface area contributed by atoms with Gasteiger partial charge in [-0.3, -0.25) is 9.36 Å². The third-order valence-corrected chi connectivity index (χ3v) is 3.69. The van der Waals surface area contributed by atoms with E-state index in [1.165, 1.54) is 17.2 Å². The van der Waals surface area contributed by atoms with Crippen molar-refractivity contribution in [2.75, 3.05) is 11.9 Å². The van der Waals surface area contributed by atoms with Crippen molar-refractivity contribution < 1.29 is 4.74 Å². The molecule has 3 rings (SSSR count). The Balaban J connectivity index is 1.82. The lowest BCUT2D eigenvalue weighted by molar-refractivity contribution is 0.357. The first kappa shape index (κ1) is 13.5. The van der Waals surface area contributed by atoms with Crippen LogP contribution in [-0.2, 0) is 27.1 Å². The molecule has 0 fully saturated rings. The van der Waals surface area contributed by atoms with Crippen LogP contribution in [0.3, 0.4) is 0 Å². The fourth-order valence-corrected chi connectivity index (χ4v) is 2.50. The van der Waals surface area contributed by atoms with Crippen LogP contribution < -0.4 is 21.3 Å². The van der Waals surface area contributed by atoms with Crippen molar-refractivity contribution in [1.82, 2.24) is 9.13 Å². The van der Waals surface area contributed by atoms with E-state index in [0.29, 0.717) is 12.1 Å². The molecule has 0 aliphatic carbocycles. The summed E-state index contributed by atoms with van der Waals surface area (Å²) in [5.74, 6) is 0.929. The fraction of sp³-hybridized carbons (Fsp3) is 0.333. The summed E-state index contributed by atoms with van der Waals surface area (Å²) in [7, 11) is 3.12. The largest absolute Gasteiger partial charge is 0.493 e. The Morgan fingerprint density at radius 3 is 2.90 bits per heavy atom. The van der Waals surface area contributed by atoms with E-state index in [0.717, 1.165) is 29.0 Å². The van der Waals surface area contributed by atoms with Crippen LogP contribution in [-0.4, -0.2) is 15.7 Å². The average molecular weight is 287 g/mol. The minimum atomic E-state index is -0.321. The van der Waals surface area contributed by atoms with E-state index in [1.807, 2.05) is 18.2 Å². The van der Waals surface area contributed by atoms with Gasteiger partial charge in [-0.1, -0.05) is 0 Å². The van der Waals surface area contributed by atoms with E-state index in [9.17, 15) is 9.59 Å². The van der Waals surface area contributed by atoms with Crippen molar-refractivity contribution in [3.8, 4) is 5.75 Å². The molecule has 6 nitrogen and oxygen atoms in total. The maximum absolute atomic E-state index is 12.0. The van der Waals surface area contributed by atoms with E-state index in [-0.39, 0.29) is 11.2 Å². The van der Waals surface area contributed by atoms with Gasteiger partial charge in [0.2, 0.25) is 0 Å². The molecular weight excluding hydrogens is 270 g/mol. The second kappa shape index (κ2) is 5.12. The molecule has 1 aromatic carbocycles. The van der Waals surface area contributed by atoms with Crippen molar-refractivity contribution in [1.29, 1.82) is 0 Å². The standard InChI is InChI=1S/C15H17N3O3/c1-17-9-11(14(19)18(2)15(17)20)8-16-12-3-4-13-10(7-12)5-6-21-13/h3-4,7,9,16H,5-6,8H2,1-2H3. The number of benzene rings is 1. The monoisotopic (exact) mass is 287 g/mol. The number of ether oxygens (including phenoxy) is 1. The molecule has 0 saturated heterocycles. The van der Waals surface area contributed by atoms with E-state index in [1.54, 1.807) is 13.2 Å². The molecule has 1 aromatic heterocycles. The molecule has 0 atom stereocenters. The molecule has 21 heavy (non-hydrogen) atoms. The topological polar surface area (TPSA) is 65.3 Å². The highest BCUT2D eigenvalue weighted by Gasteiger charge is 2.12. The molecule has 1 aliphatic rings. The number of hydrogen-bond donors (Lipinski definition) is 1. The zero-order valence-corrected chi connectivity index (χ0v) is 12.0. The fourth-order valence-electron chi connectivity index (χ4n) is 2.50. The van der Waals surface area contributed by atoms with Gasteiger partial charge in [0.25, 0.3) is 5.56 Å². The lowest BCUT2D eigenvalue weighted by Crippen LogP contribution is -2.38. The average Bonchev–Trinajstić information content (AvgIpc) is 2.95. The van der Waals surface area contributed by atoms with Crippen molar-refractivity contribution in [2.24, 2.45) is 14.1 Å². The van der Waals surface area contributed by atoms with E-state index in [4.69, 9.17) is 4.74 Å². The molecule has 0 saturated carbocycles. The maximum atomic E-state index is 12.0. The Bertz CT molecular complexity index is 805. The van der Waals surface area contributed by atoms with Gasteiger partial charge < -0.3 is 14.6 Å². The van der Waals surface area contributed by atoms with Gasteiger partial charge in [0.1, 0.15) is 5.75 Å². The molecule has 110 valence electrons. The number of nitrogens with one attached hydrogen (secondary N) is 1. The zero-order valence-electron chi connectivity index (χ0n) is 12.0. The lowest BCUT2D eigenvalue weighted by atomic mass is 10.1. The van der Waals surface area contributed by atoms with Crippen LogP contribution in [0.5, 0.6) is 5.75 Å². The first-order valence-corrected chi connectivity index (χ1v) is 6.81. The predicted molar refractivity (Wildman–Crippen MR) is 79.9 cm³/mol. The Labute approximate surface area is 121 Å². The quantitative estimate of drug-likeness (QED) is 0.899. The van der Waals surface area contributed by atoms with Gasteiger partial charge in [0.05, 0.1) is 12.2 Å². The summed E-state index contributed by atoms with van der Waals surface area (Å²) in [4.78, 5) is 23.7. The molecular formula is C15H17N3O3. The summed E-state index contributed by atoms with van der Waals surface area (Å²) in [6, 6.07) is 5.90. The SMILES string of the molecule is Cn1cc(CNc2ccc3c(c2)CCO3)c(=O)n(C)c1=O. The predicted octanol–water partition coefficient (Wildman–Crippen LogP) is 0.631.